The van der Waals surface area contributed by atoms with Crippen LogP contribution in [0.2, 0.25) is 0 Å². The van der Waals surface area contributed by atoms with E-state index in [-0.39, 0.29) is 11.7 Å². The lowest BCUT2D eigenvalue weighted by Crippen LogP contribution is -2.08. The fraction of sp³-hybridized carbons (Fsp3) is 0.462. The van der Waals surface area contributed by atoms with Gasteiger partial charge in [-0.1, -0.05) is 25.6 Å². The molecule has 0 fully saturated rings. The van der Waals surface area contributed by atoms with E-state index in [9.17, 15) is 4.79 Å². The summed E-state index contributed by atoms with van der Waals surface area (Å²) in [6.07, 6.45) is 0. The largest absolute Gasteiger partial charge is 0.481 e. The van der Waals surface area contributed by atoms with Crippen molar-refractivity contribution in [3.63, 3.8) is 0 Å². The molecule has 108 valence electrons. The van der Waals surface area contributed by atoms with Crippen LogP contribution in [0.1, 0.15) is 35.3 Å². The van der Waals surface area contributed by atoms with Crippen LogP contribution in [0.5, 0.6) is 0 Å². The number of carboxylic acids is 1. The Kier molecular flexibility index (Phi) is 4.82. The van der Waals surface area contributed by atoms with Gasteiger partial charge in [0.25, 0.3) is 0 Å². The summed E-state index contributed by atoms with van der Waals surface area (Å²) in [7, 11) is 0. The fourth-order valence-electron chi connectivity index (χ4n) is 1.83. The minimum Gasteiger partial charge on any atom is -0.481 e. The van der Waals surface area contributed by atoms with Crippen molar-refractivity contribution < 1.29 is 9.90 Å². The average Bonchev–Trinajstić information content (AvgIpc) is 2.94. The second kappa shape index (κ2) is 6.41. The van der Waals surface area contributed by atoms with Crippen molar-refractivity contribution in [2.24, 2.45) is 0 Å². The Morgan fingerprint density at radius 2 is 2.20 bits per heavy atom. The van der Waals surface area contributed by atoms with Crippen LogP contribution in [0.25, 0.3) is 0 Å². The summed E-state index contributed by atoms with van der Waals surface area (Å²) in [5.74, 6) is 0.300. The van der Waals surface area contributed by atoms with Gasteiger partial charge in [0.1, 0.15) is 5.82 Å². The van der Waals surface area contributed by atoms with Crippen LogP contribution in [-0.2, 0) is 11.3 Å². The molecule has 0 aromatic carbocycles. The lowest BCUT2D eigenvalue weighted by Gasteiger charge is -2.10. The number of carboxylic acid groups (broad SMARTS) is 1. The van der Waals surface area contributed by atoms with Crippen LogP contribution >= 0.6 is 23.1 Å². The molecule has 0 radical (unpaired) electrons. The van der Waals surface area contributed by atoms with Crippen LogP contribution in [0.3, 0.4) is 0 Å². The molecule has 0 spiro atoms. The molecule has 0 aliphatic carbocycles. The van der Waals surface area contributed by atoms with E-state index in [1.807, 2.05) is 4.57 Å². The third kappa shape index (κ3) is 3.61. The minimum absolute atomic E-state index is 0.000301. The highest BCUT2D eigenvalue weighted by atomic mass is 32.2. The highest BCUT2D eigenvalue weighted by Crippen LogP contribution is 2.24. The number of thiophene rings is 1. The highest BCUT2D eigenvalue weighted by Gasteiger charge is 2.17. The lowest BCUT2D eigenvalue weighted by molar-refractivity contribution is -0.133. The topological polar surface area (TPSA) is 68.0 Å². The zero-order chi connectivity index (χ0) is 14.7. The van der Waals surface area contributed by atoms with Gasteiger partial charge >= 0.3 is 5.97 Å². The summed E-state index contributed by atoms with van der Waals surface area (Å²) in [5.41, 5.74) is 0. The monoisotopic (exact) mass is 311 g/mol. The summed E-state index contributed by atoms with van der Waals surface area (Å²) in [5, 5.41) is 17.8. The van der Waals surface area contributed by atoms with Gasteiger partial charge in [0.2, 0.25) is 0 Å². The number of nitrogens with zero attached hydrogens (tertiary/aromatic N) is 3. The molecular weight excluding hydrogens is 294 g/mol. The van der Waals surface area contributed by atoms with Gasteiger partial charge in [-0.05, 0) is 19.1 Å². The summed E-state index contributed by atoms with van der Waals surface area (Å²) in [6.45, 7) is 6.89. The zero-order valence-corrected chi connectivity index (χ0v) is 13.3. The molecule has 2 aromatic rings. The first kappa shape index (κ1) is 15.1. The van der Waals surface area contributed by atoms with Crippen molar-refractivity contribution in [1.29, 1.82) is 0 Å². The molecule has 0 unspecified atom stereocenters. The maximum atomic E-state index is 10.7. The number of carbonyl (C=O) groups is 1. The number of hydrogen-bond acceptors (Lipinski definition) is 5. The Hall–Kier alpha value is -1.34. The molecular formula is C13H17N3O2S2. The zero-order valence-electron chi connectivity index (χ0n) is 11.7. The van der Waals surface area contributed by atoms with E-state index < -0.39 is 5.97 Å². The Morgan fingerprint density at radius 3 is 2.75 bits per heavy atom. The van der Waals surface area contributed by atoms with E-state index in [1.165, 1.54) is 21.5 Å². The number of aryl methyl sites for hydroxylation is 1. The second-order valence-electron chi connectivity index (χ2n) is 4.78. The maximum Gasteiger partial charge on any atom is 0.313 e. The van der Waals surface area contributed by atoms with Gasteiger partial charge in [0.05, 0.1) is 12.3 Å². The van der Waals surface area contributed by atoms with Crippen molar-refractivity contribution >= 4 is 29.1 Å². The molecule has 2 rings (SSSR count). The van der Waals surface area contributed by atoms with Crippen LogP contribution in [-0.4, -0.2) is 31.6 Å². The van der Waals surface area contributed by atoms with E-state index in [1.54, 1.807) is 11.3 Å². The number of aromatic nitrogens is 3. The lowest BCUT2D eigenvalue weighted by atomic mass is 10.2. The van der Waals surface area contributed by atoms with Gasteiger partial charge in [-0.25, -0.2) is 0 Å². The Balaban J connectivity index is 2.26. The van der Waals surface area contributed by atoms with Crippen molar-refractivity contribution in [3.8, 4) is 0 Å². The highest BCUT2D eigenvalue weighted by molar-refractivity contribution is 7.99. The fourth-order valence-corrected chi connectivity index (χ4v) is 3.38. The number of hydrogen-bond donors (Lipinski definition) is 1. The van der Waals surface area contributed by atoms with Gasteiger partial charge in [0, 0.05) is 15.7 Å². The molecule has 1 N–H and O–H groups in total. The predicted molar refractivity (Wildman–Crippen MR) is 80.6 cm³/mol. The molecule has 0 amide bonds. The molecule has 0 aliphatic rings. The summed E-state index contributed by atoms with van der Waals surface area (Å²) >= 11 is 2.95. The summed E-state index contributed by atoms with van der Waals surface area (Å²) < 4.78 is 2.02. The molecule has 0 saturated heterocycles. The molecule has 0 bridgehead atoms. The first-order valence-electron chi connectivity index (χ1n) is 6.30. The Morgan fingerprint density at radius 1 is 1.45 bits per heavy atom. The Labute approximate surface area is 126 Å². The first-order chi connectivity index (χ1) is 9.47. The molecule has 0 atom stereocenters. The van der Waals surface area contributed by atoms with E-state index in [0.29, 0.717) is 11.7 Å². The molecule has 2 aromatic heterocycles. The molecule has 2 heterocycles. The Bertz CT molecular complexity index is 605. The van der Waals surface area contributed by atoms with Gasteiger partial charge in [-0.2, -0.15) is 0 Å². The minimum atomic E-state index is -0.845. The molecule has 5 nitrogen and oxygen atoms in total. The van der Waals surface area contributed by atoms with E-state index in [2.05, 4.69) is 43.1 Å². The molecule has 0 saturated carbocycles. The van der Waals surface area contributed by atoms with Crippen LogP contribution in [0.4, 0.5) is 0 Å². The van der Waals surface area contributed by atoms with Gasteiger partial charge in [-0.3, -0.25) is 4.79 Å². The van der Waals surface area contributed by atoms with Crippen molar-refractivity contribution in [2.45, 2.75) is 38.4 Å². The maximum absolute atomic E-state index is 10.7. The van der Waals surface area contributed by atoms with Crippen LogP contribution < -0.4 is 0 Å². The van der Waals surface area contributed by atoms with Gasteiger partial charge in [0.15, 0.2) is 5.16 Å². The normalized spacial score (nSPS) is 11.2. The third-order valence-electron chi connectivity index (χ3n) is 2.70. The van der Waals surface area contributed by atoms with Gasteiger partial charge < -0.3 is 9.67 Å². The predicted octanol–water partition coefficient (Wildman–Crippen LogP) is 3.00. The third-order valence-corrected chi connectivity index (χ3v) is 4.63. The van der Waals surface area contributed by atoms with Gasteiger partial charge in [-0.15, -0.1) is 21.5 Å². The van der Waals surface area contributed by atoms with E-state index in [4.69, 9.17) is 5.11 Å². The summed E-state index contributed by atoms with van der Waals surface area (Å²) in [6, 6.07) is 4.18. The molecule has 0 aliphatic heterocycles. The summed E-state index contributed by atoms with van der Waals surface area (Å²) in [4.78, 5) is 13.2. The number of aliphatic carboxylic acids is 1. The van der Waals surface area contributed by atoms with Crippen LogP contribution in [0.15, 0.2) is 17.3 Å². The number of rotatable bonds is 6. The van der Waals surface area contributed by atoms with E-state index >= 15 is 0 Å². The standard InChI is InChI=1S/C13H17N3O2S2/c1-8(2)12-14-15-13(19-7-11(17)18)16(12)6-10-5-4-9(3)20-10/h4-5,8H,6-7H2,1-3H3,(H,17,18). The SMILES string of the molecule is Cc1ccc(Cn2c(SCC(=O)O)nnc2C(C)C)s1. The number of thioether (sulfide) groups is 1. The van der Waals surface area contributed by atoms with Crippen molar-refractivity contribution in [1.82, 2.24) is 14.8 Å². The van der Waals surface area contributed by atoms with Crippen molar-refractivity contribution in [2.75, 3.05) is 5.75 Å². The second-order valence-corrected chi connectivity index (χ2v) is 7.09. The van der Waals surface area contributed by atoms with Crippen molar-refractivity contribution in [3.05, 3.63) is 27.7 Å². The first-order valence-corrected chi connectivity index (χ1v) is 8.10. The van der Waals surface area contributed by atoms with Crippen LogP contribution in [0, 0.1) is 6.92 Å². The molecule has 7 heteroatoms. The van der Waals surface area contributed by atoms with E-state index in [0.717, 1.165) is 5.82 Å². The smallest absolute Gasteiger partial charge is 0.313 e. The molecule has 20 heavy (non-hydrogen) atoms. The average molecular weight is 311 g/mol. The quantitative estimate of drug-likeness (QED) is 0.831.